The number of aromatic nitrogens is 3. The Labute approximate surface area is 319 Å². The maximum Gasteiger partial charge on any atom is 0.245 e. The quantitative estimate of drug-likeness (QED) is 0.0923. The number of carbonyl (C=O) groups is 1. The monoisotopic (exact) mass is 724 g/mol. The fourth-order valence-electron chi connectivity index (χ4n) is 5.85. The van der Waals surface area contributed by atoms with Gasteiger partial charge >= 0.3 is 0 Å². The molecule has 0 saturated heterocycles. The molecule has 0 unspecified atom stereocenters. The summed E-state index contributed by atoms with van der Waals surface area (Å²) in [6.45, 7) is 10.2. The molecule has 0 aliphatic heterocycles. The largest absolute Gasteiger partial charge is 0.324 e. The van der Waals surface area contributed by atoms with Crippen molar-refractivity contribution in [1.82, 2.24) is 14.8 Å². The number of nitrogens with one attached hydrogen (secondary N) is 1. The fourth-order valence-corrected chi connectivity index (χ4v) is 5.85. The third-order valence-electron chi connectivity index (χ3n) is 8.72. The van der Waals surface area contributed by atoms with E-state index in [-0.39, 0.29) is 18.3 Å². The van der Waals surface area contributed by atoms with Crippen LogP contribution in [-0.2, 0) is 11.2 Å². The van der Waals surface area contributed by atoms with Crippen LogP contribution in [0.4, 0.5) is 5.69 Å². The Kier molecular flexibility index (Phi) is 15.0. The summed E-state index contributed by atoms with van der Waals surface area (Å²) in [5.74, 6) is 6.97. The molecule has 8 heteroatoms. The van der Waals surface area contributed by atoms with Gasteiger partial charge in [-0.25, -0.2) is 14.7 Å². The summed E-state index contributed by atoms with van der Waals surface area (Å²) in [6.07, 6.45) is 3.31. The van der Waals surface area contributed by atoms with Crippen molar-refractivity contribution in [3.05, 3.63) is 156 Å². The van der Waals surface area contributed by atoms with Crippen LogP contribution < -0.4 is 11.3 Å². The number of hydrazine groups is 1. The van der Waals surface area contributed by atoms with Gasteiger partial charge in [-0.1, -0.05) is 123 Å². The van der Waals surface area contributed by atoms with Gasteiger partial charge in [-0.15, -0.1) is 17.5 Å². The highest BCUT2D eigenvalue weighted by molar-refractivity contribution is 6.06. The van der Waals surface area contributed by atoms with Crippen LogP contribution in [-0.4, -0.2) is 26.4 Å². The molecule has 0 fully saturated rings. The minimum absolute atomic E-state index is 0. The molecule has 6 aromatic carbocycles. The Morgan fingerprint density at radius 2 is 1.30 bits per heavy atom. The van der Waals surface area contributed by atoms with Crippen molar-refractivity contribution in [2.75, 3.05) is 5.43 Å². The van der Waals surface area contributed by atoms with E-state index < -0.39 is 0 Å². The van der Waals surface area contributed by atoms with Gasteiger partial charge in [0, 0.05) is 24.1 Å². The second-order valence-corrected chi connectivity index (χ2v) is 12.7. The van der Waals surface area contributed by atoms with Gasteiger partial charge < -0.3 is 5.43 Å². The van der Waals surface area contributed by atoms with Gasteiger partial charge in [0.1, 0.15) is 5.82 Å². The highest BCUT2D eigenvalue weighted by Gasteiger charge is 2.14. The number of halogens is 1. The lowest BCUT2D eigenvalue weighted by Gasteiger charge is -2.07. The van der Waals surface area contributed by atoms with Crippen molar-refractivity contribution in [2.45, 2.75) is 60.3 Å². The number of hydrogen-bond donors (Lipinski definition) is 2. The van der Waals surface area contributed by atoms with Gasteiger partial charge in [-0.2, -0.15) is 0 Å². The molecule has 0 radical (unpaired) electrons. The zero-order valence-corrected chi connectivity index (χ0v) is 32.0. The van der Waals surface area contributed by atoms with Crippen molar-refractivity contribution in [3.8, 4) is 17.1 Å². The van der Waals surface area contributed by atoms with E-state index in [0.29, 0.717) is 6.42 Å². The molecule has 3 N–H and O–H groups in total. The lowest BCUT2D eigenvalue weighted by Crippen LogP contribution is -2.07. The highest BCUT2D eigenvalue weighted by Crippen LogP contribution is 2.25. The third kappa shape index (κ3) is 10.7. The molecule has 7 nitrogen and oxygen atoms in total. The van der Waals surface area contributed by atoms with Crippen LogP contribution in [0, 0.1) is 13.8 Å². The van der Waals surface area contributed by atoms with Crippen LogP contribution in [0.3, 0.4) is 0 Å². The molecule has 53 heavy (non-hydrogen) atoms. The molecule has 0 bridgehead atoms. The molecule has 1 heterocycles. The molecule has 1 amide bonds. The van der Waals surface area contributed by atoms with Crippen molar-refractivity contribution >= 4 is 51.3 Å². The first kappa shape index (κ1) is 40.1. The zero-order valence-electron chi connectivity index (χ0n) is 31.2. The number of rotatable bonds is 8. The summed E-state index contributed by atoms with van der Waals surface area (Å²) < 4.78 is 2.00. The second kappa shape index (κ2) is 19.8. The zero-order chi connectivity index (χ0) is 36.9. The average molecular weight is 725 g/mol. The van der Waals surface area contributed by atoms with Gasteiger partial charge in [0.15, 0.2) is 5.82 Å². The maximum absolute atomic E-state index is 11.5. The summed E-state index contributed by atoms with van der Waals surface area (Å²) in [4.78, 5) is 20.5. The number of nitrogens with two attached hydrogens (primary N) is 1. The number of hydrogen-bond acceptors (Lipinski definition) is 5. The molecule has 0 spiro atoms. The van der Waals surface area contributed by atoms with Gasteiger partial charge in [0.2, 0.25) is 5.91 Å². The summed E-state index contributed by atoms with van der Waals surface area (Å²) >= 11 is 0. The molecule has 1 aromatic heterocycles. The average Bonchev–Trinajstić information content (AvgIpc) is 3.59. The van der Waals surface area contributed by atoms with E-state index in [2.05, 4.69) is 115 Å². The molecule has 0 aliphatic rings. The molecule has 7 rings (SSSR count). The number of amides is 1. The molecular formula is C45H49ClN6O. The first-order valence-electron chi connectivity index (χ1n) is 17.9. The van der Waals surface area contributed by atoms with Gasteiger partial charge in [0.05, 0.1) is 11.4 Å². The number of carbonyl (C=O) groups excluding carboxylic acids is 1. The van der Waals surface area contributed by atoms with E-state index in [1.807, 2.05) is 67.9 Å². The predicted molar refractivity (Wildman–Crippen MR) is 225 cm³/mol. The van der Waals surface area contributed by atoms with E-state index in [1.165, 1.54) is 32.7 Å². The number of anilines is 1. The van der Waals surface area contributed by atoms with E-state index in [0.717, 1.165) is 59.1 Å². The molecule has 0 atom stereocenters. The van der Waals surface area contributed by atoms with Crippen LogP contribution in [0.1, 0.15) is 62.5 Å². The highest BCUT2D eigenvalue weighted by atomic mass is 35.5. The number of benzene rings is 6. The minimum Gasteiger partial charge on any atom is -0.324 e. The Balaban J connectivity index is 0.000000196. The standard InChI is InChI=1S/C22H21N3.C16H17NO.C7H10N2.ClH/c1-3-8-21-23-22(24-25(21)20-12-7-4-9-16(20)2)19-14-13-17-10-5-6-11-18(17)15-19;1-3-6-16(18)17-12(2)14-10-9-13-7-4-5-8-15(13)11-14;1-6-4-2-3-5-7(6)9-8;/h4-7,9-15H,3,8H2,1-2H3;4-5,7-11H,3,6H2,1-2H3;2-5,9H,8H2,1H3;1H. The summed E-state index contributed by atoms with van der Waals surface area (Å²) in [7, 11) is 0. The van der Waals surface area contributed by atoms with Crippen LogP contribution in [0.15, 0.2) is 138 Å². The number of para-hydroxylation sites is 2. The smallest absolute Gasteiger partial charge is 0.245 e. The number of nitrogen functional groups attached to an aromatic ring is 1. The van der Waals surface area contributed by atoms with E-state index in [4.69, 9.17) is 15.9 Å². The SMILES string of the molecule is CCCC(=O)N=C(C)c1ccc2ccccc2c1.CCCc1nc(-c2ccc3ccccc3c2)nn1-c1ccccc1C.Cc1ccccc1NN.Cl. The van der Waals surface area contributed by atoms with Crippen LogP contribution in [0.2, 0.25) is 0 Å². The lowest BCUT2D eigenvalue weighted by molar-refractivity contribution is -0.117. The summed E-state index contributed by atoms with van der Waals surface area (Å²) in [5.41, 5.74) is 9.91. The first-order chi connectivity index (χ1) is 25.3. The second-order valence-electron chi connectivity index (χ2n) is 12.7. The Morgan fingerprint density at radius 3 is 1.91 bits per heavy atom. The lowest BCUT2D eigenvalue weighted by atomic mass is 10.0. The number of fused-ring (bicyclic) bond motifs is 2. The van der Waals surface area contributed by atoms with Gasteiger partial charge in [-0.3, -0.25) is 10.6 Å². The Hall–Kier alpha value is -5.63. The van der Waals surface area contributed by atoms with E-state index in [1.54, 1.807) is 0 Å². The summed E-state index contributed by atoms with van der Waals surface area (Å²) in [5, 5.41) is 9.67. The van der Waals surface area contributed by atoms with Crippen molar-refractivity contribution in [3.63, 3.8) is 0 Å². The van der Waals surface area contributed by atoms with E-state index in [9.17, 15) is 4.79 Å². The number of aryl methyl sites for hydroxylation is 3. The van der Waals surface area contributed by atoms with Gasteiger partial charge in [-0.05, 0) is 96.1 Å². The van der Waals surface area contributed by atoms with Crippen molar-refractivity contribution < 1.29 is 4.79 Å². The molecule has 272 valence electrons. The molecular weight excluding hydrogens is 676 g/mol. The molecule has 7 aromatic rings. The summed E-state index contributed by atoms with van der Waals surface area (Å²) in [6, 6.07) is 45.3. The molecule has 0 saturated carbocycles. The number of aliphatic imine (C=N–C) groups is 1. The van der Waals surface area contributed by atoms with Crippen molar-refractivity contribution in [2.24, 2.45) is 10.8 Å². The Morgan fingerprint density at radius 1 is 0.717 bits per heavy atom. The number of nitrogens with zero attached hydrogens (tertiary/aromatic N) is 4. The maximum atomic E-state index is 11.5. The normalized spacial score (nSPS) is 10.8. The Bertz CT molecular complexity index is 2290. The first-order valence-corrected chi connectivity index (χ1v) is 17.9. The topological polar surface area (TPSA) is 98.2 Å². The van der Waals surface area contributed by atoms with Crippen LogP contribution in [0.25, 0.3) is 38.6 Å². The van der Waals surface area contributed by atoms with Gasteiger partial charge in [0.25, 0.3) is 0 Å². The van der Waals surface area contributed by atoms with E-state index >= 15 is 0 Å². The van der Waals surface area contributed by atoms with Crippen LogP contribution in [0.5, 0.6) is 0 Å². The fraction of sp³-hybridized carbons (Fsp3) is 0.200. The minimum atomic E-state index is -0.0387. The molecule has 0 aliphatic carbocycles. The van der Waals surface area contributed by atoms with Crippen LogP contribution >= 0.6 is 12.4 Å². The predicted octanol–water partition coefficient (Wildman–Crippen LogP) is 11.0. The third-order valence-corrected chi connectivity index (χ3v) is 8.72. The van der Waals surface area contributed by atoms with Crippen molar-refractivity contribution in [1.29, 1.82) is 0 Å².